The van der Waals surface area contributed by atoms with Gasteiger partial charge in [-0.25, -0.2) is 0 Å². The van der Waals surface area contributed by atoms with Crippen LogP contribution >= 0.6 is 8.60 Å². The molecule has 3 nitrogen and oxygen atoms in total. The summed E-state index contributed by atoms with van der Waals surface area (Å²) in [6, 6.07) is 24.0. The van der Waals surface area contributed by atoms with Crippen molar-refractivity contribution in [3.63, 3.8) is 0 Å². The third-order valence-electron chi connectivity index (χ3n) is 4.93. The fourth-order valence-electron chi connectivity index (χ4n) is 3.37. The van der Waals surface area contributed by atoms with Crippen molar-refractivity contribution in [3.8, 4) is 22.6 Å². The molecule has 0 aliphatic rings. The highest BCUT2D eigenvalue weighted by molar-refractivity contribution is 7.41. The van der Waals surface area contributed by atoms with Crippen molar-refractivity contribution in [2.24, 2.45) is 0 Å². The SMILES string of the molecule is CC(C)(C)c1cccc(C(C)(C)C)c1OP(O)Oc1cccc(-c2ccccc2)c1. The van der Waals surface area contributed by atoms with Crippen molar-refractivity contribution in [2.75, 3.05) is 0 Å². The molecule has 0 aliphatic carbocycles. The van der Waals surface area contributed by atoms with Crippen molar-refractivity contribution in [3.05, 3.63) is 83.9 Å². The van der Waals surface area contributed by atoms with Gasteiger partial charge in [-0.3, -0.25) is 0 Å². The Bertz CT molecular complexity index is 953. The molecule has 0 fully saturated rings. The second kappa shape index (κ2) is 8.79. The molecule has 1 atom stereocenters. The maximum Gasteiger partial charge on any atom is 0.460 e. The Morgan fingerprint density at radius 3 is 1.73 bits per heavy atom. The summed E-state index contributed by atoms with van der Waals surface area (Å²) < 4.78 is 11.9. The van der Waals surface area contributed by atoms with Gasteiger partial charge in [0.05, 0.1) is 0 Å². The monoisotopic (exact) mass is 422 g/mol. The molecule has 0 amide bonds. The zero-order chi connectivity index (χ0) is 21.9. The lowest BCUT2D eigenvalue weighted by Crippen LogP contribution is -2.19. The fourth-order valence-corrected chi connectivity index (χ4v) is 4.05. The van der Waals surface area contributed by atoms with E-state index in [4.69, 9.17) is 9.05 Å². The van der Waals surface area contributed by atoms with Crippen LogP contribution in [0.4, 0.5) is 0 Å². The van der Waals surface area contributed by atoms with E-state index >= 15 is 0 Å². The first kappa shape index (κ1) is 22.3. The Morgan fingerprint density at radius 2 is 1.17 bits per heavy atom. The van der Waals surface area contributed by atoms with Gasteiger partial charge < -0.3 is 13.9 Å². The predicted octanol–water partition coefficient (Wildman–Crippen LogP) is 7.63. The summed E-state index contributed by atoms with van der Waals surface area (Å²) in [5.74, 6) is 1.29. The molecule has 3 aromatic rings. The molecule has 30 heavy (non-hydrogen) atoms. The molecule has 158 valence electrons. The summed E-state index contributed by atoms with van der Waals surface area (Å²) in [5, 5.41) is 0. The number of hydrogen-bond acceptors (Lipinski definition) is 3. The van der Waals surface area contributed by atoms with Crippen molar-refractivity contribution in [1.29, 1.82) is 0 Å². The largest absolute Gasteiger partial charge is 0.460 e. The van der Waals surface area contributed by atoms with Gasteiger partial charge in [0.2, 0.25) is 0 Å². The molecule has 3 aromatic carbocycles. The minimum absolute atomic E-state index is 0.125. The van der Waals surface area contributed by atoms with Crippen LogP contribution in [0.1, 0.15) is 52.7 Å². The van der Waals surface area contributed by atoms with E-state index < -0.39 is 8.60 Å². The van der Waals surface area contributed by atoms with Crippen LogP contribution in [-0.2, 0) is 10.8 Å². The van der Waals surface area contributed by atoms with E-state index in [0.29, 0.717) is 11.5 Å². The van der Waals surface area contributed by atoms with Gasteiger partial charge in [0.15, 0.2) is 0 Å². The zero-order valence-electron chi connectivity index (χ0n) is 18.6. The highest BCUT2D eigenvalue weighted by Gasteiger charge is 2.29. The van der Waals surface area contributed by atoms with E-state index in [1.54, 1.807) is 0 Å². The first-order chi connectivity index (χ1) is 14.1. The minimum atomic E-state index is -2.14. The number of hydrogen-bond donors (Lipinski definition) is 1. The van der Waals surface area contributed by atoms with Gasteiger partial charge in [0.25, 0.3) is 0 Å². The Kier molecular flexibility index (Phi) is 6.55. The van der Waals surface area contributed by atoms with E-state index in [0.717, 1.165) is 22.3 Å². The summed E-state index contributed by atoms with van der Waals surface area (Å²) in [5.41, 5.74) is 3.98. The summed E-state index contributed by atoms with van der Waals surface area (Å²) >= 11 is 0. The van der Waals surface area contributed by atoms with Crippen LogP contribution in [0.2, 0.25) is 0 Å². The van der Waals surface area contributed by atoms with Gasteiger partial charge in [-0.1, -0.05) is 102 Å². The summed E-state index contributed by atoms with van der Waals surface area (Å²) in [6.45, 7) is 12.9. The average Bonchev–Trinajstić information content (AvgIpc) is 2.67. The molecule has 0 saturated heterocycles. The van der Waals surface area contributed by atoms with E-state index in [2.05, 4.69) is 59.7 Å². The van der Waals surface area contributed by atoms with Gasteiger partial charge in [-0.15, -0.1) is 0 Å². The van der Waals surface area contributed by atoms with Crippen LogP contribution in [0.5, 0.6) is 11.5 Å². The predicted molar refractivity (Wildman–Crippen MR) is 126 cm³/mol. The van der Waals surface area contributed by atoms with Gasteiger partial charge in [0.1, 0.15) is 11.5 Å². The fraction of sp³-hybridized carbons (Fsp3) is 0.308. The van der Waals surface area contributed by atoms with Crippen molar-refractivity contribution < 1.29 is 13.9 Å². The minimum Gasteiger partial charge on any atom is -0.418 e. The quantitative estimate of drug-likeness (QED) is 0.430. The number of benzene rings is 3. The highest BCUT2D eigenvalue weighted by Crippen LogP contribution is 2.46. The number of rotatable bonds is 5. The lowest BCUT2D eigenvalue weighted by molar-refractivity contribution is 0.370. The normalized spacial score (nSPS) is 13.0. The summed E-state index contributed by atoms with van der Waals surface area (Å²) in [7, 11) is -2.14. The summed E-state index contributed by atoms with van der Waals surface area (Å²) in [6.07, 6.45) is 0. The van der Waals surface area contributed by atoms with Gasteiger partial charge in [-0.05, 0) is 34.1 Å². The van der Waals surface area contributed by atoms with Crippen LogP contribution < -0.4 is 9.05 Å². The summed E-state index contributed by atoms with van der Waals surface area (Å²) in [4.78, 5) is 10.7. The van der Waals surface area contributed by atoms with E-state index in [-0.39, 0.29) is 10.8 Å². The van der Waals surface area contributed by atoms with Crippen LogP contribution in [0.3, 0.4) is 0 Å². The van der Waals surface area contributed by atoms with Crippen LogP contribution in [0.25, 0.3) is 11.1 Å². The molecule has 3 rings (SSSR count). The molecular weight excluding hydrogens is 391 g/mol. The first-order valence-corrected chi connectivity index (χ1v) is 11.3. The van der Waals surface area contributed by atoms with E-state index in [1.165, 1.54) is 0 Å². The molecule has 0 radical (unpaired) electrons. The molecule has 0 bridgehead atoms. The Labute approximate surface area is 181 Å². The van der Waals surface area contributed by atoms with E-state index in [1.807, 2.05) is 54.6 Å². The van der Waals surface area contributed by atoms with E-state index in [9.17, 15) is 4.89 Å². The molecule has 0 aromatic heterocycles. The van der Waals surface area contributed by atoms with Crippen LogP contribution in [0, 0.1) is 0 Å². The zero-order valence-corrected chi connectivity index (χ0v) is 19.5. The Balaban J connectivity index is 1.88. The smallest absolute Gasteiger partial charge is 0.418 e. The second-order valence-corrected chi connectivity index (χ2v) is 10.3. The Hall–Kier alpha value is -2.35. The second-order valence-electron chi connectivity index (χ2n) is 9.50. The lowest BCUT2D eigenvalue weighted by Gasteiger charge is -2.29. The molecule has 4 heteroatoms. The van der Waals surface area contributed by atoms with Gasteiger partial charge in [0, 0.05) is 11.1 Å². The topological polar surface area (TPSA) is 38.7 Å². The van der Waals surface area contributed by atoms with Crippen molar-refractivity contribution >= 4 is 8.60 Å². The molecule has 1 N–H and O–H groups in total. The van der Waals surface area contributed by atoms with Crippen molar-refractivity contribution in [2.45, 2.75) is 52.4 Å². The maximum absolute atomic E-state index is 10.7. The van der Waals surface area contributed by atoms with Gasteiger partial charge >= 0.3 is 8.60 Å². The number of para-hydroxylation sites is 1. The molecule has 0 spiro atoms. The molecule has 1 unspecified atom stereocenters. The van der Waals surface area contributed by atoms with Crippen molar-refractivity contribution in [1.82, 2.24) is 0 Å². The third-order valence-corrected chi connectivity index (χ3v) is 5.63. The lowest BCUT2D eigenvalue weighted by atomic mass is 9.80. The average molecular weight is 423 g/mol. The first-order valence-electron chi connectivity index (χ1n) is 10.2. The molecule has 0 saturated carbocycles. The Morgan fingerprint density at radius 1 is 0.633 bits per heavy atom. The third kappa shape index (κ3) is 5.41. The van der Waals surface area contributed by atoms with Crippen LogP contribution in [0.15, 0.2) is 72.8 Å². The molecular formula is C26H31O3P. The highest BCUT2D eigenvalue weighted by atomic mass is 31.2. The maximum atomic E-state index is 10.7. The van der Waals surface area contributed by atoms with Crippen LogP contribution in [-0.4, -0.2) is 4.89 Å². The molecule has 0 aliphatic heterocycles. The molecule has 0 heterocycles. The standard InChI is InChI=1S/C26H31O3P/c1-25(2,3)22-16-11-17-23(26(4,5)6)24(22)29-30(27)28-21-15-10-14-20(18-21)19-12-8-7-9-13-19/h7-18,27H,1-6H3. The van der Waals surface area contributed by atoms with Gasteiger partial charge in [-0.2, -0.15) is 0 Å².